The molecule has 0 aromatic rings. The number of allylic oxidation sites excluding steroid dienone is 10. The highest BCUT2D eigenvalue weighted by Gasteiger charge is 2.27. The summed E-state index contributed by atoms with van der Waals surface area (Å²) in [5.74, 6) is -1.03. The monoisotopic (exact) mass is 909 g/mol. The molecule has 0 saturated carbocycles. The molecule has 0 fully saturated rings. The number of aliphatic hydroxyl groups is 2. The van der Waals surface area contributed by atoms with Gasteiger partial charge >= 0.3 is 19.8 Å². The molecule has 0 aromatic carbocycles. The van der Waals surface area contributed by atoms with Gasteiger partial charge in [-0.05, 0) is 77.0 Å². The fraction of sp³-hybridized carbons (Fsp3) is 0.769. The van der Waals surface area contributed by atoms with Crippen LogP contribution in [0.5, 0.6) is 0 Å². The number of carbonyl (C=O) groups is 2. The number of phosphoric acid groups is 1. The minimum Gasteiger partial charge on any atom is -0.457 e. The molecule has 0 aliphatic rings. The maximum Gasteiger partial charge on any atom is 0.472 e. The van der Waals surface area contributed by atoms with Gasteiger partial charge in [-0.25, -0.2) is 4.57 Å². The Bertz CT molecular complexity index is 1230. The molecule has 0 amide bonds. The number of carbonyl (C=O) groups excluding carboxylic acids is 2. The molecular weight excluding hydrogens is 816 g/mol. The lowest BCUT2D eigenvalue weighted by Gasteiger charge is -2.20. The molecule has 0 spiro atoms. The summed E-state index contributed by atoms with van der Waals surface area (Å²) >= 11 is 0. The van der Waals surface area contributed by atoms with Crippen LogP contribution in [0.15, 0.2) is 60.8 Å². The maximum atomic E-state index is 12.4. The first kappa shape index (κ1) is 60.7. The first-order valence-electron chi connectivity index (χ1n) is 25.2. The van der Waals surface area contributed by atoms with Gasteiger partial charge < -0.3 is 24.6 Å². The standard InChI is InChI=1S/C52H93O10P/c1-3-5-7-9-11-13-15-17-19-21-23-24-26-28-30-32-34-36-38-40-42-44-52(56)62-50(46-54)48-60-63(57,58)59-47-49(45-53)61-51(55)43-41-39-37-35-33-31-29-27-25-22-20-18-16-14-12-10-8-6-4-2/h5,7,11,13,17-20,23-24,49-50,53-54H,3-4,6,8-10,12,14-16,21-22,25-48H2,1-2H3,(H,57,58)/b7-5-,13-11-,19-17-,20-18-,24-23-. The molecule has 63 heavy (non-hydrogen) atoms. The van der Waals surface area contributed by atoms with E-state index in [9.17, 15) is 29.3 Å². The number of aliphatic hydroxyl groups excluding tert-OH is 2. The number of ether oxygens (including phenoxy) is 2. The Balaban J connectivity index is 3.86. The highest BCUT2D eigenvalue weighted by Crippen LogP contribution is 2.43. The Labute approximate surface area is 385 Å². The van der Waals surface area contributed by atoms with E-state index in [2.05, 4.69) is 74.6 Å². The molecule has 10 nitrogen and oxygen atoms in total. The zero-order valence-electron chi connectivity index (χ0n) is 40.0. The Kier molecular flexibility index (Phi) is 45.9. The molecule has 3 N–H and O–H groups in total. The van der Waals surface area contributed by atoms with E-state index in [-0.39, 0.29) is 12.8 Å². The van der Waals surface area contributed by atoms with Crippen LogP contribution in [-0.2, 0) is 32.7 Å². The van der Waals surface area contributed by atoms with E-state index >= 15 is 0 Å². The third-order valence-electron chi connectivity index (χ3n) is 10.7. The second-order valence-electron chi connectivity index (χ2n) is 16.8. The lowest BCUT2D eigenvalue weighted by Crippen LogP contribution is -2.28. The molecular formula is C52H93O10P. The Hall–Kier alpha value is -2.33. The van der Waals surface area contributed by atoms with Gasteiger partial charge in [0.1, 0.15) is 12.2 Å². The minimum absolute atomic E-state index is 0.181. The van der Waals surface area contributed by atoms with E-state index in [1.54, 1.807) is 0 Å². The zero-order valence-corrected chi connectivity index (χ0v) is 40.9. The average Bonchev–Trinajstić information content (AvgIpc) is 3.27. The van der Waals surface area contributed by atoms with Crippen LogP contribution in [0.2, 0.25) is 0 Å². The summed E-state index contributed by atoms with van der Waals surface area (Å²) in [7, 11) is -4.65. The lowest BCUT2D eigenvalue weighted by atomic mass is 10.1. The van der Waals surface area contributed by atoms with E-state index in [1.807, 2.05) is 0 Å². The number of phosphoric ester groups is 1. The fourth-order valence-electron chi connectivity index (χ4n) is 6.87. The quantitative estimate of drug-likeness (QED) is 0.0233. The summed E-state index contributed by atoms with van der Waals surface area (Å²) in [6, 6.07) is 0. The van der Waals surface area contributed by atoms with Crippen molar-refractivity contribution in [3.05, 3.63) is 60.8 Å². The first-order chi connectivity index (χ1) is 30.8. The Morgan fingerprint density at radius 1 is 0.444 bits per heavy atom. The highest BCUT2D eigenvalue weighted by molar-refractivity contribution is 7.47. The van der Waals surface area contributed by atoms with Gasteiger partial charge in [-0.15, -0.1) is 0 Å². The summed E-state index contributed by atoms with van der Waals surface area (Å²) in [5, 5.41) is 19.3. The van der Waals surface area contributed by atoms with E-state index in [1.165, 1.54) is 109 Å². The third kappa shape index (κ3) is 46.0. The van der Waals surface area contributed by atoms with E-state index in [0.717, 1.165) is 70.6 Å². The molecule has 0 bridgehead atoms. The van der Waals surface area contributed by atoms with Crippen LogP contribution >= 0.6 is 7.82 Å². The second kappa shape index (κ2) is 47.6. The van der Waals surface area contributed by atoms with Crippen molar-refractivity contribution in [1.29, 1.82) is 0 Å². The van der Waals surface area contributed by atoms with E-state index in [0.29, 0.717) is 12.8 Å². The third-order valence-corrected chi connectivity index (χ3v) is 11.7. The topological polar surface area (TPSA) is 149 Å². The normalized spacial score (nSPS) is 14.2. The van der Waals surface area contributed by atoms with Gasteiger partial charge in [-0.1, -0.05) is 190 Å². The molecule has 11 heteroatoms. The maximum absolute atomic E-state index is 12.4. The van der Waals surface area contributed by atoms with Crippen LogP contribution in [0.25, 0.3) is 0 Å². The van der Waals surface area contributed by atoms with Crippen molar-refractivity contribution in [2.75, 3.05) is 26.4 Å². The number of rotatable bonds is 47. The van der Waals surface area contributed by atoms with Crippen LogP contribution in [0.4, 0.5) is 0 Å². The summed E-state index contributed by atoms with van der Waals surface area (Å²) in [6.07, 6.45) is 54.7. The van der Waals surface area contributed by atoms with Crippen LogP contribution in [0.3, 0.4) is 0 Å². The smallest absolute Gasteiger partial charge is 0.457 e. The molecule has 0 radical (unpaired) electrons. The largest absolute Gasteiger partial charge is 0.472 e. The van der Waals surface area contributed by atoms with Crippen molar-refractivity contribution < 1.29 is 47.8 Å². The van der Waals surface area contributed by atoms with Crippen molar-refractivity contribution in [2.45, 2.75) is 232 Å². The van der Waals surface area contributed by atoms with Gasteiger partial charge in [-0.2, -0.15) is 0 Å². The summed E-state index contributed by atoms with van der Waals surface area (Å²) in [5.41, 5.74) is 0. The van der Waals surface area contributed by atoms with Gasteiger partial charge in [0.2, 0.25) is 0 Å². The van der Waals surface area contributed by atoms with Gasteiger partial charge in [0.25, 0.3) is 0 Å². The van der Waals surface area contributed by atoms with Crippen LogP contribution in [0, 0.1) is 0 Å². The van der Waals surface area contributed by atoms with E-state index < -0.39 is 58.4 Å². The molecule has 3 unspecified atom stereocenters. The predicted octanol–water partition coefficient (Wildman–Crippen LogP) is 14.2. The number of unbranched alkanes of at least 4 members (excludes halogenated alkanes) is 23. The molecule has 0 saturated heterocycles. The van der Waals surface area contributed by atoms with Gasteiger partial charge in [0, 0.05) is 12.8 Å². The second-order valence-corrected chi connectivity index (χ2v) is 18.2. The SMILES string of the molecule is CC/C=C\C/C=C\C/C=C\C/C=C\CCCCCCCCCCC(=O)OC(CO)COP(=O)(O)OCC(CO)OC(=O)CCCCCCCCCCC/C=C\CCCCCCCC. The predicted molar refractivity (Wildman–Crippen MR) is 260 cm³/mol. The zero-order chi connectivity index (χ0) is 46.2. The number of esters is 2. The lowest BCUT2D eigenvalue weighted by molar-refractivity contribution is -0.153. The van der Waals surface area contributed by atoms with Gasteiger partial charge in [0.15, 0.2) is 0 Å². The van der Waals surface area contributed by atoms with Crippen molar-refractivity contribution in [2.24, 2.45) is 0 Å². The summed E-state index contributed by atoms with van der Waals surface area (Å²) < 4.78 is 32.7. The first-order valence-corrected chi connectivity index (χ1v) is 26.7. The highest BCUT2D eigenvalue weighted by atomic mass is 31.2. The molecule has 0 aliphatic carbocycles. The van der Waals surface area contributed by atoms with Crippen molar-refractivity contribution in [3.63, 3.8) is 0 Å². The minimum atomic E-state index is -4.65. The number of hydrogen-bond acceptors (Lipinski definition) is 9. The molecule has 0 rings (SSSR count). The molecule has 0 heterocycles. The average molecular weight is 909 g/mol. The Morgan fingerprint density at radius 3 is 1.10 bits per heavy atom. The van der Waals surface area contributed by atoms with Crippen LogP contribution in [-0.4, -0.2) is 65.7 Å². The van der Waals surface area contributed by atoms with Crippen molar-refractivity contribution >= 4 is 19.8 Å². The molecule has 366 valence electrons. The van der Waals surface area contributed by atoms with Crippen molar-refractivity contribution in [1.82, 2.24) is 0 Å². The molecule has 0 aliphatic heterocycles. The Morgan fingerprint density at radius 2 is 0.746 bits per heavy atom. The van der Waals surface area contributed by atoms with Gasteiger partial charge in [0.05, 0.1) is 26.4 Å². The van der Waals surface area contributed by atoms with Crippen LogP contribution < -0.4 is 0 Å². The van der Waals surface area contributed by atoms with Crippen LogP contribution in [0.1, 0.15) is 219 Å². The van der Waals surface area contributed by atoms with Gasteiger partial charge in [-0.3, -0.25) is 18.6 Å². The fourth-order valence-corrected chi connectivity index (χ4v) is 7.65. The van der Waals surface area contributed by atoms with E-state index in [4.69, 9.17) is 18.5 Å². The summed E-state index contributed by atoms with van der Waals surface area (Å²) in [4.78, 5) is 34.7. The summed E-state index contributed by atoms with van der Waals surface area (Å²) in [6.45, 7) is 2.10. The number of hydrogen-bond donors (Lipinski definition) is 3. The molecule has 0 aromatic heterocycles. The van der Waals surface area contributed by atoms with Crippen molar-refractivity contribution in [3.8, 4) is 0 Å². The molecule has 3 atom stereocenters.